The SMILES string of the molecule is CC(CN)CCC(=O)NC(C)(C)CCc1ccccc1. The van der Waals surface area contributed by atoms with E-state index in [0.29, 0.717) is 18.9 Å². The molecule has 112 valence electrons. The molecule has 0 spiro atoms. The number of carbonyl (C=O) groups is 1. The monoisotopic (exact) mass is 276 g/mol. The second-order valence-corrected chi connectivity index (χ2v) is 6.30. The van der Waals surface area contributed by atoms with Gasteiger partial charge in [0.1, 0.15) is 0 Å². The van der Waals surface area contributed by atoms with Crippen LogP contribution in [0.5, 0.6) is 0 Å². The molecule has 0 saturated carbocycles. The lowest BCUT2D eigenvalue weighted by molar-refractivity contribution is -0.123. The van der Waals surface area contributed by atoms with E-state index in [4.69, 9.17) is 5.73 Å². The van der Waals surface area contributed by atoms with Gasteiger partial charge in [-0.05, 0) is 51.1 Å². The molecule has 0 heterocycles. The zero-order valence-corrected chi connectivity index (χ0v) is 13.0. The van der Waals surface area contributed by atoms with E-state index in [9.17, 15) is 4.79 Å². The van der Waals surface area contributed by atoms with E-state index < -0.39 is 0 Å². The van der Waals surface area contributed by atoms with Gasteiger partial charge in [-0.15, -0.1) is 0 Å². The molecule has 1 aromatic carbocycles. The van der Waals surface area contributed by atoms with Crippen molar-refractivity contribution in [3.05, 3.63) is 35.9 Å². The Kier molecular flexibility index (Phi) is 6.73. The van der Waals surface area contributed by atoms with Gasteiger partial charge in [-0.1, -0.05) is 37.3 Å². The number of carbonyl (C=O) groups excluding carboxylic acids is 1. The summed E-state index contributed by atoms with van der Waals surface area (Å²) in [5.74, 6) is 0.538. The van der Waals surface area contributed by atoms with Crippen molar-refractivity contribution in [2.45, 2.75) is 52.0 Å². The molecule has 1 aromatic rings. The number of nitrogens with one attached hydrogen (secondary N) is 1. The average Bonchev–Trinajstić information content (AvgIpc) is 2.43. The molecule has 0 saturated heterocycles. The molecule has 1 amide bonds. The molecule has 0 aliphatic carbocycles. The van der Waals surface area contributed by atoms with Crippen molar-refractivity contribution in [1.29, 1.82) is 0 Å². The number of amides is 1. The van der Waals surface area contributed by atoms with Gasteiger partial charge in [0.05, 0.1) is 0 Å². The summed E-state index contributed by atoms with van der Waals surface area (Å²) in [5.41, 5.74) is 6.71. The van der Waals surface area contributed by atoms with Crippen LogP contribution < -0.4 is 11.1 Å². The van der Waals surface area contributed by atoms with Gasteiger partial charge in [-0.2, -0.15) is 0 Å². The van der Waals surface area contributed by atoms with Gasteiger partial charge in [0.25, 0.3) is 0 Å². The van der Waals surface area contributed by atoms with Gasteiger partial charge < -0.3 is 11.1 Å². The van der Waals surface area contributed by atoms with Crippen molar-refractivity contribution >= 4 is 5.91 Å². The molecule has 1 rings (SSSR count). The van der Waals surface area contributed by atoms with E-state index in [0.717, 1.165) is 19.3 Å². The van der Waals surface area contributed by atoms with Gasteiger partial charge in [0.15, 0.2) is 0 Å². The third-order valence-electron chi connectivity index (χ3n) is 3.63. The van der Waals surface area contributed by atoms with Gasteiger partial charge in [-0.3, -0.25) is 4.79 Å². The molecule has 0 bridgehead atoms. The Labute approximate surface area is 122 Å². The molecule has 20 heavy (non-hydrogen) atoms. The van der Waals surface area contributed by atoms with Crippen LogP contribution in [0, 0.1) is 5.92 Å². The van der Waals surface area contributed by atoms with Crippen molar-refractivity contribution in [2.24, 2.45) is 11.7 Å². The lowest BCUT2D eigenvalue weighted by atomic mass is 9.94. The fourth-order valence-electron chi connectivity index (χ4n) is 2.10. The number of hydrogen-bond acceptors (Lipinski definition) is 2. The summed E-state index contributed by atoms with van der Waals surface area (Å²) in [7, 11) is 0. The number of rotatable bonds is 8. The highest BCUT2D eigenvalue weighted by Crippen LogP contribution is 2.14. The summed E-state index contributed by atoms with van der Waals surface area (Å²) in [6.45, 7) is 6.89. The third kappa shape index (κ3) is 6.71. The average molecular weight is 276 g/mol. The molecule has 1 atom stereocenters. The van der Waals surface area contributed by atoms with Crippen LogP contribution in [0.3, 0.4) is 0 Å². The molecule has 0 radical (unpaired) electrons. The predicted octanol–water partition coefficient (Wildman–Crippen LogP) is 2.89. The molecule has 3 heteroatoms. The van der Waals surface area contributed by atoms with E-state index >= 15 is 0 Å². The number of benzene rings is 1. The minimum absolute atomic E-state index is 0.128. The van der Waals surface area contributed by atoms with E-state index in [2.05, 4.69) is 50.4 Å². The molecule has 3 N–H and O–H groups in total. The van der Waals surface area contributed by atoms with E-state index in [1.165, 1.54) is 5.56 Å². The Balaban J connectivity index is 2.35. The standard InChI is InChI=1S/C17H28N2O/c1-14(13-18)9-10-16(20)19-17(2,3)12-11-15-7-5-4-6-8-15/h4-8,14H,9-13,18H2,1-3H3,(H,19,20). The van der Waals surface area contributed by atoms with Crippen molar-refractivity contribution in [3.8, 4) is 0 Å². The molecule has 0 aliphatic rings. The lowest BCUT2D eigenvalue weighted by Gasteiger charge is -2.26. The maximum Gasteiger partial charge on any atom is 0.220 e. The Morgan fingerprint density at radius 3 is 2.55 bits per heavy atom. The first kappa shape index (κ1) is 16.7. The quantitative estimate of drug-likeness (QED) is 0.767. The Hall–Kier alpha value is -1.35. The maximum absolute atomic E-state index is 11.9. The Bertz CT molecular complexity index is 401. The highest BCUT2D eigenvalue weighted by atomic mass is 16.1. The molecular formula is C17H28N2O. The minimum atomic E-state index is -0.168. The van der Waals surface area contributed by atoms with Gasteiger partial charge in [0.2, 0.25) is 5.91 Å². The molecular weight excluding hydrogens is 248 g/mol. The smallest absolute Gasteiger partial charge is 0.220 e. The Morgan fingerprint density at radius 2 is 1.95 bits per heavy atom. The van der Waals surface area contributed by atoms with Crippen LogP contribution in [0.4, 0.5) is 0 Å². The second kappa shape index (κ2) is 8.05. The van der Waals surface area contributed by atoms with Crippen LogP contribution in [0.15, 0.2) is 30.3 Å². The maximum atomic E-state index is 11.9. The molecule has 1 unspecified atom stereocenters. The topological polar surface area (TPSA) is 55.1 Å². The summed E-state index contributed by atoms with van der Waals surface area (Å²) < 4.78 is 0. The van der Waals surface area contributed by atoms with Crippen LogP contribution in [0.1, 0.15) is 45.6 Å². The zero-order valence-electron chi connectivity index (χ0n) is 13.0. The largest absolute Gasteiger partial charge is 0.351 e. The summed E-state index contributed by atoms with van der Waals surface area (Å²) in [4.78, 5) is 11.9. The van der Waals surface area contributed by atoms with Crippen molar-refractivity contribution in [1.82, 2.24) is 5.32 Å². The second-order valence-electron chi connectivity index (χ2n) is 6.30. The van der Waals surface area contributed by atoms with E-state index in [1.54, 1.807) is 0 Å². The first-order chi connectivity index (χ1) is 9.43. The highest BCUT2D eigenvalue weighted by molar-refractivity contribution is 5.76. The summed E-state index contributed by atoms with van der Waals surface area (Å²) in [6, 6.07) is 10.4. The molecule has 0 aliphatic heterocycles. The summed E-state index contributed by atoms with van der Waals surface area (Å²) in [5, 5.41) is 3.13. The molecule has 0 aromatic heterocycles. The van der Waals surface area contributed by atoms with Gasteiger partial charge in [-0.25, -0.2) is 0 Å². The van der Waals surface area contributed by atoms with Crippen LogP contribution >= 0.6 is 0 Å². The van der Waals surface area contributed by atoms with Gasteiger partial charge in [0, 0.05) is 12.0 Å². The zero-order chi connectivity index (χ0) is 15.0. The van der Waals surface area contributed by atoms with Crippen LogP contribution in [-0.4, -0.2) is 18.0 Å². The normalized spacial score (nSPS) is 13.0. The van der Waals surface area contributed by atoms with Crippen LogP contribution in [-0.2, 0) is 11.2 Å². The summed E-state index contributed by atoms with van der Waals surface area (Å²) >= 11 is 0. The van der Waals surface area contributed by atoms with Crippen molar-refractivity contribution < 1.29 is 4.79 Å². The molecule has 0 fully saturated rings. The predicted molar refractivity (Wildman–Crippen MR) is 84.4 cm³/mol. The third-order valence-corrected chi connectivity index (χ3v) is 3.63. The number of nitrogens with two attached hydrogens (primary N) is 1. The molecule has 3 nitrogen and oxygen atoms in total. The first-order valence-electron chi connectivity index (χ1n) is 7.48. The van der Waals surface area contributed by atoms with E-state index in [-0.39, 0.29) is 11.4 Å². The van der Waals surface area contributed by atoms with Crippen molar-refractivity contribution in [2.75, 3.05) is 6.54 Å². The van der Waals surface area contributed by atoms with E-state index in [1.807, 2.05) is 6.07 Å². The highest BCUT2D eigenvalue weighted by Gasteiger charge is 2.20. The minimum Gasteiger partial charge on any atom is -0.351 e. The lowest BCUT2D eigenvalue weighted by Crippen LogP contribution is -2.43. The number of aryl methyl sites for hydroxylation is 1. The van der Waals surface area contributed by atoms with Gasteiger partial charge >= 0.3 is 0 Å². The number of hydrogen-bond donors (Lipinski definition) is 2. The fourth-order valence-corrected chi connectivity index (χ4v) is 2.10. The van der Waals surface area contributed by atoms with Crippen molar-refractivity contribution in [3.63, 3.8) is 0 Å². The van der Waals surface area contributed by atoms with Crippen LogP contribution in [0.2, 0.25) is 0 Å². The summed E-state index contributed by atoms with van der Waals surface area (Å²) in [6.07, 6.45) is 3.34. The fraction of sp³-hybridized carbons (Fsp3) is 0.588. The Morgan fingerprint density at radius 1 is 1.30 bits per heavy atom. The van der Waals surface area contributed by atoms with Crippen LogP contribution in [0.25, 0.3) is 0 Å². The first-order valence-corrected chi connectivity index (χ1v) is 7.48.